The predicted octanol–water partition coefficient (Wildman–Crippen LogP) is 5.95. The Morgan fingerprint density at radius 2 is 1.79 bits per heavy atom. The lowest BCUT2D eigenvalue weighted by Gasteiger charge is -2.28. The van der Waals surface area contributed by atoms with Crippen molar-refractivity contribution in [2.45, 2.75) is 101 Å². The number of benzene rings is 2. The molecular weight excluding hydrogens is 654 g/mol. The van der Waals surface area contributed by atoms with Gasteiger partial charge >= 0.3 is 0 Å². The second-order valence-electron chi connectivity index (χ2n) is 14.5. The van der Waals surface area contributed by atoms with Crippen molar-refractivity contribution < 1.29 is 30.3 Å². The first-order chi connectivity index (χ1) is 25.2. The number of anilines is 1. The number of pyridine rings is 1. The second-order valence-corrected chi connectivity index (χ2v) is 14.5. The fourth-order valence-electron chi connectivity index (χ4n) is 7.39. The quantitative estimate of drug-likeness (QED) is 0.0702. The maximum atomic E-state index is 11.4. The number of H-pyrrole nitrogens is 1. The summed E-state index contributed by atoms with van der Waals surface area (Å²) in [5.74, 6) is 7.48. The van der Waals surface area contributed by atoms with Gasteiger partial charge in [0.1, 0.15) is 18.0 Å². The first kappa shape index (κ1) is 38.9. The van der Waals surface area contributed by atoms with Crippen LogP contribution >= 0.6 is 0 Å². The number of phenols is 1. The van der Waals surface area contributed by atoms with E-state index in [9.17, 15) is 25.5 Å². The topological polar surface area (TPSA) is 165 Å². The molecule has 5 rings (SSSR count). The number of aromatic amines is 1. The highest BCUT2D eigenvalue weighted by Crippen LogP contribution is 2.34. The van der Waals surface area contributed by atoms with Crippen molar-refractivity contribution >= 4 is 5.82 Å². The van der Waals surface area contributed by atoms with E-state index in [1.165, 1.54) is 5.56 Å². The van der Waals surface area contributed by atoms with E-state index < -0.39 is 31.0 Å². The molecule has 0 radical (unpaired) electrons. The van der Waals surface area contributed by atoms with Gasteiger partial charge in [-0.3, -0.25) is 0 Å². The van der Waals surface area contributed by atoms with Gasteiger partial charge in [-0.05, 0) is 110 Å². The van der Waals surface area contributed by atoms with Gasteiger partial charge in [-0.15, -0.1) is 5.92 Å². The van der Waals surface area contributed by atoms with Gasteiger partial charge in [-0.1, -0.05) is 62.1 Å². The average molecular weight is 710 g/mol. The van der Waals surface area contributed by atoms with Crippen molar-refractivity contribution in [1.29, 1.82) is 0 Å². The Kier molecular flexibility index (Phi) is 14.6. The number of aromatic hydroxyl groups is 1. The van der Waals surface area contributed by atoms with E-state index >= 15 is 0 Å². The van der Waals surface area contributed by atoms with Gasteiger partial charge in [0.25, 0.3) is 0 Å². The molecule has 2 aromatic carbocycles. The Morgan fingerprint density at radius 1 is 0.981 bits per heavy atom. The van der Waals surface area contributed by atoms with Gasteiger partial charge in [-0.2, -0.15) is 0 Å². The van der Waals surface area contributed by atoms with Gasteiger partial charge in [0.2, 0.25) is 0 Å². The van der Waals surface area contributed by atoms with Gasteiger partial charge < -0.3 is 41.0 Å². The maximum Gasteiger partial charge on any atom is 0.161 e. The molecule has 8 unspecified atom stereocenters. The predicted molar refractivity (Wildman–Crippen MR) is 204 cm³/mol. The van der Waals surface area contributed by atoms with E-state index in [-0.39, 0.29) is 29.3 Å². The zero-order valence-corrected chi connectivity index (χ0v) is 30.1. The second kappa shape index (κ2) is 19.5. The summed E-state index contributed by atoms with van der Waals surface area (Å²) in [5, 5.41) is 54.1. The Hall–Kier alpha value is -4.33. The van der Waals surface area contributed by atoms with Crippen LogP contribution in [-0.2, 0) is 19.3 Å². The SMILES string of the molecule is CC(Cc1ccccc1)C1C#CCC(C(O)CCc2ccc(O)c(OC(CC(Cc3ccc[nH]3)c3ccnc(N)c3)C(O)CO)c2)C(O)CCCC1. The number of nitrogens with one attached hydrogen (secondary N) is 1. The summed E-state index contributed by atoms with van der Waals surface area (Å²) in [4.78, 5) is 7.35. The molecule has 4 aromatic rings. The molecule has 2 heterocycles. The lowest BCUT2D eigenvalue weighted by molar-refractivity contribution is -0.00843. The van der Waals surface area contributed by atoms with Crippen LogP contribution < -0.4 is 10.5 Å². The molecule has 0 saturated carbocycles. The van der Waals surface area contributed by atoms with E-state index in [1.54, 1.807) is 30.5 Å². The van der Waals surface area contributed by atoms with Crippen LogP contribution in [-0.4, -0.2) is 66.5 Å². The summed E-state index contributed by atoms with van der Waals surface area (Å²) in [7, 11) is 0. The summed E-state index contributed by atoms with van der Waals surface area (Å²) >= 11 is 0. The number of phenolic OH excluding ortho intramolecular Hbond substituents is 1. The van der Waals surface area contributed by atoms with Gasteiger partial charge in [-0.25, -0.2) is 4.98 Å². The standard InChI is InChI=1S/C43H55N3O6/c1-29(23-30-9-3-2-4-10-30)32-11-5-6-15-37(48)36(14-7-12-32)38(49)18-16-31-17-19-39(50)41(24-31)52-42(40(51)28-47)26-34(25-35-13-8-21-45-35)33-20-22-46-43(44)27-33/h2-4,8-10,13,17,19-22,24,27,29,32,34,36-38,40,42,45,47-51H,5-6,11,14-16,18,23,25-26,28H2,1H3,(H2,44,46). The van der Waals surface area contributed by atoms with E-state index in [4.69, 9.17) is 10.5 Å². The third-order valence-corrected chi connectivity index (χ3v) is 10.5. The van der Waals surface area contributed by atoms with Gasteiger partial charge in [0, 0.05) is 36.3 Å². The first-order valence-electron chi connectivity index (χ1n) is 18.7. The van der Waals surface area contributed by atoms with E-state index in [2.05, 4.69) is 53.0 Å². The maximum absolute atomic E-state index is 11.4. The highest BCUT2D eigenvalue weighted by atomic mass is 16.5. The number of nitrogens with two attached hydrogens (primary N) is 1. The number of aliphatic hydroxyl groups excluding tert-OH is 4. The molecule has 1 aliphatic carbocycles. The number of aromatic nitrogens is 2. The summed E-state index contributed by atoms with van der Waals surface area (Å²) in [6.45, 7) is 1.74. The zero-order chi connectivity index (χ0) is 36.9. The van der Waals surface area contributed by atoms with Crippen molar-refractivity contribution in [1.82, 2.24) is 9.97 Å². The number of aryl methyl sites for hydroxylation is 1. The number of rotatable bonds is 16. The third-order valence-electron chi connectivity index (χ3n) is 10.5. The molecule has 0 spiro atoms. The molecule has 1 aliphatic rings. The first-order valence-corrected chi connectivity index (χ1v) is 18.7. The summed E-state index contributed by atoms with van der Waals surface area (Å²) < 4.78 is 6.27. The number of hydrogen-bond acceptors (Lipinski definition) is 8. The lowest BCUT2D eigenvalue weighted by Crippen LogP contribution is -2.36. The fraction of sp³-hybridized carbons (Fsp3) is 0.465. The van der Waals surface area contributed by atoms with Crippen molar-refractivity contribution in [2.24, 2.45) is 17.8 Å². The molecule has 52 heavy (non-hydrogen) atoms. The fourth-order valence-corrected chi connectivity index (χ4v) is 7.39. The van der Waals surface area contributed by atoms with Crippen LogP contribution in [0.3, 0.4) is 0 Å². The van der Waals surface area contributed by atoms with Crippen LogP contribution in [0.5, 0.6) is 11.5 Å². The molecule has 0 fully saturated rings. The Balaban J connectivity index is 1.25. The number of nitrogens with zero attached hydrogens (tertiary/aromatic N) is 1. The Labute approximate surface area is 307 Å². The van der Waals surface area contributed by atoms with E-state index in [0.29, 0.717) is 50.3 Å². The third kappa shape index (κ3) is 11.3. The minimum Gasteiger partial charge on any atom is -0.504 e. The minimum absolute atomic E-state index is 0.0948. The Morgan fingerprint density at radius 3 is 2.54 bits per heavy atom. The molecule has 0 bridgehead atoms. The summed E-state index contributed by atoms with van der Waals surface area (Å²) in [5.41, 5.74) is 10.0. The minimum atomic E-state index is -1.22. The molecule has 2 aromatic heterocycles. The molecule has 8 N–H and O–H groups in total. The summed E-state index contributed by atoms with van der Waals surface area (Å²) in [6, 6.07) is 23.1. The van der Waals surface area contributed by atoms with Gasteiger partial charge in [0.15, 0.2) is 11.5 Å². The molecule has 278 valence electrons. The van der Waals surface area contributed by atoms with Gasteiger partial charge in [0.05, 0.1) is 18.8 Å². The number of aliphatic hydroxyl groups is 4. The molecule has 0 saturated heterocycles. The zero-order valence-electron chi connectivity index (χ0n) is 30.1. The molecule has 8 atom stereocenters. The van der Waals surface area contributed by atoms with Crippen molar-refractivity contribution in [3.63, 3.8) is 0 Å². The molecular formula is C43H55N3O6. The van der Waals surface area contributed by atoms with Crippen molar-refractivity contribution in [2.75, 3.05) is 12.3 Å². The average Bonchev–Trinajstić information content (AvgIpc) is 3.67. The highest BCUT2D eigenvalue weighted by molar-refractivity contribution is 5.42. The number of hydrogen-bond donors (Lipinski definition) is 7. The Bertz CT molecular complexity index is 1700. The monoisotopic (exact) mass is 709 g/mol. The molecule has 9 heteroatoms. The molecule has 0 amide bonds. The van der Waals surface area contributed by atoms with Crippen LogP contribution in [0.4, 0.5) is 5.82 Å². The number of nitrogen functional groups attached to an aromatic ring is 1. The molecule has 9 nitrogen and oxygen atoms in total. The lowest BCUT2D eigenvalue weighted by atomic mass is 9.82. The highest BCUT2D eigenvalue weighted by Gasteiger charge is 2.29. The van der Waals surface area contributed by atoms with Crippen LogP contribution in [0.1, 0.15) is 80.2 Å². The van der Waals surface area contributed by atoms with Crippen molar-refractivity contribution in [3.8, 4) is 23.3 Å². The van der Waals surface area contributed by atoms with E-state index in [1.807, 2.05) is 30.5 Å². The van der Waals surface area contributed by atoms with Crippen LogP contribution in [0.2, 0.25) is 0 Å². The van der Waals surface area contributed by atoms with E-state index in [0.717, 1.165) is 42.5 Å². The summed E-state index contributed by atoms with van der Waals surface area (Å²) in [6.07, 6.45) is 6.71. The molecule has 0 aliphatic heterocycles. The van der Waals surface area contributed by atoms with Crippen molar-refractivity contribution in [3.05, 3.63) is 108 Å². The largest absolute Gasteiger partial charge is 0.504 e. The van der Waals surface area contributed by atoms with Crippen LogP contribution in [0.15, 0.2) is 85.2 Å². The smallest absolute Gasteiger partial charge is 0.161 e. The number of ether oxygens (including phenoxy) is 1. The normalized spacial score (nSPS) is 20.8. The van der Waals surface area contributed by atoms with Crippen LogP contribution in [0, 0.1) is 29.6 Å². The van der Waals surface area contributed by atoms with Crippen LogP contribution in [0.25, 0.3) is 0 Å².